The van der Waals surface area contributed by atoms with Crippen molar-refractivity contribution in [3.63, 3.8) is 0 Å². The molecule has 2 bridgehead atoms. The average molecular weight is 488 g/mol. The first-order valence-corrected chi connectivity index (χ1v) is 11.7. The lowest BCUT2D eigenvalue weighted by Crippen LogP contribution is -2.74. The van der Waals surface area contributed by atoms with Crippen LogP contribution in [0.5, 0.6) is 5.75 Å². The van der Waals surface area contributed by atoms with E-state index in [1.807, 2.05) is 31.2 Å². The van der Waals surface area contributed by atoms with Gasteiger partial charge in [-0.2, -0.15) is 0 Å². The zero-order chi connectivity index (χ0) is 23.5. The molecular formula is C26H27Cl2NO4. The molecule has 0 radical (unpaired) electrons. The fourth-order valence-corrected chi connectivity index (χ4v) is 5.09. The summed E-state index contributed by atoms with van der Waals surface area (Å²) < 4.78 is 11.0. The smallest absolute Gasteiger partial charge is 0.246 e. The molecule has 5 rings (SSSR count). The number of ether oxygens (including phenoxy) is 2. The SMILES string of the molecule is Cc1cccc(COCC(=O)NC23CC(/C=C/CC(=O)COc4ccc(Cl)c(Cl)c4)(C2)C3)c1. The number of carbonyl (C=O) groups excluding carboxylic acids is 2. The predicted octanol–water partition coefficient (Wildman–Crippen LogP) is 5.45. The Kier molecular flexibility index (Phi) is 7.13. The molecule has 1 N–H and O–H groups in total. The summed E-state index contributed by atoms with van der Waals surface area (Å²) in [4.78, 5) is 24.3. The maximum atomic E-state index is 12.2. The molecule has 3 saturated carbocycles. The fraction of sp³-hybridized carbons (Fsp3) is 0.385. The monoisotopic (exact) mass is 487 g/mol. The molecule has 5 nitrogen and oxygen atoms in total. The maximum Gasteiger partial charge on any atom is 0.246 e. The zero-order valence-corrected chi connectivity index (χ0v) is 20.0. The van der Waals surface area contributed by atoms with Crippen LogP contribution in [0.4, 0.5) is 0 Å². The second-order valence-electron chi connectivity index (χ2n) is 9.21. The van der Waals surface area contributed by atoms with Crippen LogP contribution in [0.15, 0.2) is 54.6 Å². The fourth-order valence-electron chi connectivity index (χ4n) is 4.80. The van der Waals surface area contributed by atoms with Gasteiger partial charge in [0.25, 0.3) is 0 Å². The number of aryl methyl sites for hydroxylation is 1. The van der Waals surface area contributed by atoms with E-state index in [1.54, 1.807) is 18.2 Å². The van der Waals surface area contributed by atoms with Gasteiger partial charge in [-0.1, -0.05) is 65.2 Å². The van der Waals surface area contributed by atoms with Gasteiger partial charge in [-0.3, -0.25) is 9.59 Å². The van der Waals surface area contributed by atoms with E-state index in [-0.39, 0.29) is 35.9 Å². The van der Waals surface area contributed by atoms with Crippen LogP contribution in [0.1, 0.15) is 36.8 Å². The van der Waals surface area contributed by atoms with Crippen LogP contribution >= 0.6 is 23.2 Å². The van der Waals surface area contributed by atoms with E-state index >= 15 is 0 Å². The number of amides is 1. The Labute approximate surface area is 204 Å². The first kappa shape index (κ1) is 23.8. The predicted molar refractivity (Wildman–Crippen MR) is 129 cm³/mol. The molecule has 174 valence electrons. The van der Waals surface area contributed by atoms with Gasteiger partial charge in [0.15, 0.2) is 5.78 Å². The Balaban J connectivity index is 1.12. The van der Waals surface area contributed by atoms with Crippen molar-refractivity contribution in [3.05, 3.63) is 75.8 Å². The summed E-state index contributed by atoms with van der Waals surface area (Å²) in [5.74, 6) is 0.425. The number of hydrogen-bond acceptors (Lipinski definition) is 4. The van der Waals surface area contributed by atoms with Gasteiger partial charge in [-0.15, -0.1) is 0 Å². The third-order valence-electron chi connectivity index (χ3n) is 6.17. The van der Waals surface area contributed by atoms with Crippen LogP contribution < -0.4 is 10.1 Å². The summed E-state index contributed by atoms with van der Waals surface area (Å²) in [6, 6.07) is 13.0. The molecule has 7 heteroatoms. The molecule has 0 unspecified atom stereocenters. The number of benzene rings is 2. The van der Waals surface area contributed by atoms with Gasteiger partial charge in [0.1, 0.15) is 19.0 Å². The molecule has 1 amide bonds. The highest BCUT2D eigenvalue weighted by Gasteiger charge is 2.66. The van der Waals surface area contributed by atoms with Crippen LogP contribution in [0, 0.1) is 12.3 Å². The second kappa shape index (κ2) is 9.88. The van der Waals surface area contributed by atoms with Gasteiger partial charge in [0, 0.05) is 18.0 Å². The number of allylic oxidation sites excluding steroid dienone is 2. The van der Waals surface area contributed by atoms with E-state index in [0.29, 0.717) is 28.8 Å². The Morgan fingerprint density at radius 1 is 1.06 bits per heavy atom. The van der Waals surface area contributed by atoms with Gasteiger partial charge in [0.2, 0.25) is 5.91 Å². The second-order valence-corrected chi connectivity index (χ2v) is 10.0. The van der Waals surface area contributed by atoms with Crippen LogP contribution in [-0.4, -0.2) is 30.4 Å². The van der Waals surface area contributed by atoms with Crippen molar-refractivity contribution in [3.8, 4) is 5.75 Å². The Hall–Kier alpha value is -2.34. The maximum absolute atomic E-state index is 12.2. The Morgan fingerprint density at radius 3 is 2.58 bits per heavy atom. The molecule has 0 spiro atoms. The first-order valence-electron chi connectivity index (χ1n) is 11.0. The van der Waals surface area contributed by atoms with E-state index < -0.39 is 0 Å². The number of ketones is 1. The van der Waals surface area contributed by atoms with E-state index in [4.69, 9.17) is 32.7 Å². The molecule has 3 aliphatic carbocycles. The summed E-state index contributed by atoms with van der Waals surface area (Å²) in [7, 11) is 0. The molecule has 2 aromatic rings. The number of carbonyl (C=O) groups is 2. The molecule has 2 aromatic carbocycles. The van der Waals surface area contributed by atoms with Crippen molar-refractivity contribution >= 4 is 34.9 Å². The van der Waals surface area contributed by atoms with Crippen molar-refractivity contribution in [2.75, 3.05) is 13.2 Å². The number of halogens is 2. The third-order valence-corrected chi connectivity index (χ3v) is 6.91. The minimum atomic E-state index is -0.102. The van der Waals surface area contributed by atoms with Crippen LogP contribution in [0.25, 0.3) is 0 Å². The molecule has 0 aromatic heterocycles. The van der Waals surface area contributed by atoms with Crippen LogP contribution in [0.3, 0.4) is 0 Å². The number of Topliss-reactive ketones (excluding diaryl/α,β-unsaturated/α-hetero) is 1. The molecule has 0 saturated heterocycles. The molecule has 0 atom stereocenters. The van der Waals surface area contributed by atoms with Crippen LogP contribution in [-0.2, 0) is 20.9 Å². The summed E-state index contributed by atoms with van der Waals surface area (Å²) in [6.07, 6.45) is 7.08. The van der Waals surface area contributed by atoms with Gasteiger partial charge < -0.3 is 14.8 Å². The standard InChI is InChI=1S/C26H27Cl2NO4/c1-18-4-2-5-19(10-18)12-32-14-24(31)29-26-15-25(16-26,17-26)9-3-6-20(30)13-33-21-7-8-22(27)23(28)11-21/h2-5,7-11H,6,12-17H2,1H3,(H,29,31)/b9-3+. The highest BCUT2D eigenvalue weighted by atomic mass is 35.5. The average Bonchev–Trinajstić information content (AvgIpc) is 2.72. The Bertz CT molecular complexity index is 1060. The van der Waals surface area contributed by atoms with E-state index in [1.165, 1.54) is 5.56 Å². The lowest BCUT2D eigenvalue weighted by Gasteiger charge is -2.69. The van der Waals surface area contributed by atoms with Gasteiger partial charge >= 0.3 is 0 Å². The topological polar surface area (TPSA) is 64.6 Å². The lowest BCUT2D eigenvalue weighted by molar-refractivity contribution is -0.150. The van der Waals surface area contributed by atoms with Gasteiger partial charge in [0.05, 0.1) is 16.7 Å². The zero-order valence-electron chi connectivity index (χ0n) is 18.5. The number of nitrogens with one attached hydrogen (secondary N) is 1. The van der Waals surface area contributed by atoms with Crippen molar-refractivity contribution in [1.29, 1.82) is 0 Å². The van der Waals surface area contributed by atoms with Gasteiger partial charge in [-0.05, 0) is 49.3 Å². The molecule has 33 heavy (non-hydrogen) atoms. The highest BCUT2D eigenvalue weighted by Crippen LogP contribution is 2.68. The molecule has 0 aliphatic heterocycles. The summed E-state index contributed by atoms with van der Waals surface area (Å²) >= 11 is 11.8. The minimum Gasteiger partial charge on any atom is -0.486 e. The lowest BCUT2D eigenvalue weighted by atomic mass is 9.39. The Morgan fingerprint density at radius 2 is 1.85 bits per heavy atom. The van der Waals surface area contributed by atoms with Crippen LogP contribution in [0.2, 0.25) is 10.0 Å². The van der Waals surface area contributed by atoms with E-state index in [0.717, 1.165) is 24.8 Å². The summed E-state index contributed by atoms with van der Waals surface area (Å²) in [6.45, 7) is 2.51. The highest BCUT2D eigenvalue weighted by molar-refractivity contribution is 6.42. The largest absolute Gasteiger partial charge is 0.486 e. The molecule has 0 heterocycles. The summed E-state index contributed by atoms with van der Waals surface area (Å²) in [5.41, 5.74) is 2.25. The van der Waals surface area contributed by atoms with Crippen molar-refractivity contribution < 1.29 is 19.1 Å². The number of rotatable bonds is 11. The van der Waals surface area contributed by atoms with E-state index in [9.17, 15) is 9.59 Å². The van der Waals surface area contributed by atoms with E-state index in [2.05, 4.69) is 17.5 Å². The van der Waals surface area contributed by atoms with Crippen molar-refractivity contribution in [1.82, 2.24) is 5.32 Å². The number of hydrogen-bond donors (Lipinski definition) is 1. The normalized spacial score (nSPS) is 23.0. The van der Waals surface area contributed by atoms with Gasteiger partial charge in [-0.25, -0.2) is 0 Å². The van der Waals surface area contributed by atoms with Crippen molar-refractivity contribution in [2.45, 2.75) is 44.8 Å². The first-order chi connectivity index (χ1) is 15.8. The van der Waals surface area contributed by atoms with Crippen molar-refractivity contribution in [2.24, 2.45) is 5.41 Å². The quantitative estimate of drug-likeness (QED) is 0.427. The molecule has 3 fully saturated rings. The minimum absolute atomic E-state index is 0.0160. The molecule has 3 aliphatic rings. The molecular weight excluding hydrogens is 461 g/mol. The third kappa shape index (κ3) is 5.97. The summed E-state index contributed by atoms with van der Waals surface area (Å²) in [5, 5.41) is 3.96.